The third-order valence-corrected chi connectivity index (χ3v) is 3.89. The van der Waals surface area contributed by atoms with E-state index in [9.17, 15) is 0 Å². The number of hydrogen-bond donors (Lipinski definition) is 2. The van der Waals surface area contributed by atoms with Gasteiger partial charge in [0.2, 0.25) is 0 Å². The molecule has 0 saturated heterocycles. The Morgan fingerprint density at radius 1 is 1.35 bits per heavy atom. The molecule has 1 aromatic rings. The molecule has 0 aromatic heterocycles. The van der Waals surface area contributed by atoms with Crippen molar-refractivity contribution in [2.75, 3.05) is 6.61 Å². The van der Waals surface area contributed by atoms with Crippen molar-refractivity contribution in [3.8, 4) is 0 Å². The number of nitrogens with one attached hydrogen (secondary N) is 1. The van der Waals surface area contributed by atoms with Crippen LogP contribution >= 0.6 is 23.4 Å². The molecule has 0 fully saturated rings. The molecule has 0 aliphatic heterocycles. The van der Waals surface area contributed by atoms with Gasteiger partial charge in [0, 0.05) is 27.8 Å². The molecule has 0 aliphatic carbocycles. The summed E-state index contributed by atoms with van der Waals surface area (Å²) in [5.74, 6) is 0. The van der Waals surface area contributed by atoms with Crippen LogP contribution in [-0.4, -0.2) is 23.0 Å². The number of aliphatic hydroxyl groups excluding tert-OH is 1. The summed E-state index contributed by atoms with van der Waals surface area (Å²) in [6, 6.07) is 6.35. The highest BCUT2D eigenvalue weighted by Crippen LogP contribution is 2.31. The maximum Gasteiger partial charge on any atom is 0.0550 e. The zero-order valence-electron chi connectivity index (χ0n) is 10.5. The van der Waals surface area contributed by atoms with E-state index < -0.39 is 0 Å². The zero-order valence-corrected chi connectivity index (χ0v) is 12.1. The molecule has 0 saturated carbocycles. The van der Waals surface area contributed by atoms with Crippen molar-refractivity contribution in [3.63, 3.8) is 0 Å². The smallest absolute Gasteiger partial charge is 0.0550 e. The summed E-state index contributed by atoms with van der Waals surface area (Å²) in [6.45, 7) is 7.16. The van der Waals surface area contributed by atoms with Crippen LogP contribution < -0.4 is 5.32 Å². The van der Waals surface area contributed by atoms with Crippen molar-refractivity contribution < 1.29 is 5.11 Å². The lowest BCUT2D eigenvalue weighted by molar-refractivity contribution is 0.300. The molecule has 0 aliphatic rings. The molecule has 0 heterocycles. The van der Waals surface area contributed by atoms with E-state index in [1.54, 1.807) is 11.8 Å². The minimum Gasteiger partial charge on any atom is -0.395 e. The third-order valence-electron chi connectivity index (χ3n) is 2.35. The molecule has 0 amide bonds. The van der Waals surface area contributed by atoms with E-state index in [4.69, 9.17) is 16.7 Å². The van der Waals surface area contributed by atoms with Crippen LogP contribution in [0.5, 0.6) is 0 Å². The average Bonchev–Trinajstić information content (AvgIpc) is 2.27. The first-order chi connectivity index (χ1) is 8.04. The number of thioether (sulfide) groups is 1. The molecule has 96 valence electrons. The quantitative estimate of drug-likeness (QED) is 0.780. The number of aliphatic hydroxyl groups is 1. The topological polar surface area (TPSA) is 32.3 Å². The molecule has 0 spiro atoms. The molecule has 2 N–H and O–H groups in total. The van der Waals surface area contributed by atoms with E-state index in [0.29, 0.717) is 6.04 Å². The number of halogens is 1. The van der Waals surface area contributed by atoms with Crippen molar-refractivity contribution in [3.05, 3.63) is 28.8 Å². The van der Waals surface area contributed by atoms with Gasteiger partial charge < -0.3 is 10.4 Å². The van der Waals surface area contributed by atoms with Crippen molar-refractivity contribution in [2.24, 2.45) is 0 Å². The van der Waals surface area contributed by atoms with E-state index in [0.717, 1.165) is 22.0 Å². The maximum absolute atomic E-state index is 9.10. The largest absolute Gasteiger partial charge is 0.395 e. The van der Waals surface area contributed by atoms with Crippen molar-refractivity contribution >= 4 is 23.4 Å². The molecule has 2 nitrogen and oxygen atoms in total. The Kier molecular flexibility index (Phi) is 6.34. The fourth-order valence-corrected chi connectivity index (χ4v) is 2.67. The van der Waals surface area contributed by atoms with Crippen molar-refractivity contribution in [2.45, 2.75) is 43.5 Å². The first kappa shape index (κ1) is 14.8. The third kappa shape index (κ3) is 4.88. The van der Waals surface area contributed by atoms with Crippen LogP contribution in [0, 0.1) is 0 Å². The summed E-state index contributed by atoms with van der Waals surface area (Å²) >= 11 is 7.89. The molecule has 1 rings (SSSR count). The zero-order chi connectivity index (χ0) is 12.8. The predicted molar refractivity (Wildman–Crippen MR) is 75.8 cm³/mol. The fourth-order valence-electron chi connectivity index (χ4n) is 1.38. The van der Waals surface area contributed by atoms with Gasteiger partial charge in [-0.3, -0.25) is 0 Å². The van der Waals surface area contributed by atoms with Crippen LogP contribution in [0.3, 0.4) is 0 Å². The van der Waals surface area contributed by atoms with Crippen LogP contribution in [0.15, 0.2) is 23.1 Å². The molecular weight excluding hydrogens is 254 g/mol. The van der Waals surface area contributed by atoms with Gasteiger partial charge in [-0.2, -0.15) is 0 Å². The lowest BCUT2D eigenvalue weighted by Gasteiger charge is -2.16. The molecular formula is C13H20ClNOS. The Bertz CT molecular complexity index is 357. The summed E-state index contributed by atoms with van der Waals surface area (Å²) < 4.78 is 0. The van der Waals surface area contributed by atoms with E-state index >= 15 is 0 Å². The predicted octanol–water partition coefficient (Wildman–Crippen LogP) is 3.31. The Morgan fingerprint density at radius 2 is 2.06 bits per heavy atom. The number of rotatable bonds is 6. The Morgan fingerprint density at radius 3 is 2.65 bits per heavy atom. The van der Waals surface area contributed by atoms with Crippen LogP contribution in [0.25, 0.3) is 0 Å². The van der Waals surface area contributed by atoms with Crippen LogP contribution in [-0.2, 0) is 6.54 Å². The standard InChI is InChI=1S/C13H20ClNOS/c1-9(2)15-7-11-12(14)5-4-6-13(11)17-10(3)8-16/h4-6,9-10,15-16H,7-8H2,1-3H3. The summed E-state index contributed by atoms with van der Waals surface area (Å²) in [4.78, 5) is 1.15. The second kappa shape index (κ2) is 7.27. The lowest BCUT2D eigenvalue weighted by atomic mass is 10.2. The van der Waals surface area contributed by atoms with Crippen LogP contribution in [0.4, 0.5) is 0 Å². The minimum atomic E-state index is 0.175. The van der Waals surface area contributed by atoms with Crippen LogP contribution in [0.2, 0.25) is 5.02 Å². The average molecular weight is 274 g/mol. The van der Waals surface area contributed by atoms with Gasteiger partial charge in [0.1, 0.15) is 0 Å². The maximum atomic E-state index is 9.10. The second-order valence-electron chi connectivity index (χ2n) is 4.36. The number of hydrogen-bond acceptors (Lipinski definition) is 3. The molecule has 1 aromatic carbocycles. The molecule has 1 unspecified atom stereocenters. The minimum absolute atomic E-state index is 0.175. The first-order valence-electron chi connectivity index (χ1n) is 5.83. The van der Waals surface area contributed by atoms with Crippen molar-refractivity contribution in [1.29, 1.82) is 0 Å². The molecule has 0 radical (unpaired) electrons. The number of benzene rings is 1. The van der Waals surface area contributed by atoms with Gasteiger partial charge >= 0.3 is 0 Å². The van der Waals surface area contributed by atoms with Crippen molar-refractivity contribution in [1.82, 2.24) is 5.32 Å². The summed E-state index contributed by atoms with van der Waals surface area (Å²) in [5.41, 5.74) is 1.12. The first-order valence-corrected chi connectivity index (χ1v) is 7.08. The highest BCUT2D eigenvalue weighted by Gasteiger charge is 2.11. The van der Waals surface area contributed by atoms with Gasteiger partial charge in [-0.05, 0) is 17.7 Å². The lowest BCUT2D eigenvalue weighted by Crippen LogP contribution is -2.22. The van der Waals surface area contributed by atoms with E-state index in [1.165, 1.54) is 0 Å². The molecule has 4 heteroatoms. The van der Waals surface area contributed by atoms with Gasteiger partial charge in [0.25, 0.3) is 0 Å². The summed E-state index contributed by atoms with van der Waals surface area (Å²) in [7, 11) is 0. The highest BCUT2D eigenvalue weighted by atomic mass is 35.5. The molecule has 1 atom stereocenters. The van der Waals surface area contributed by atoms with Gasteiger partial charge in [-0.15, -0.1) is 11.8 Å². The summed E-state index contributed by atoms with van der Waals surface area (Å²) in [6.07, 6.45) is 0. The van der Waals surface area contributed by atoms with E-state index in [2.05, 4.69) is 25.2 Å². The molecule has 17 heavy (non-hydrogen) atoms. The highest BCUT2D eigenvalue weighted by molar-refractivity contribution is 8.00. The SMILES string of the molecule is CC(C)NCc1c(Cl)cccc1SC(C)CO. The second-order valence-corrected chi connectivity index (χ2v) is 6.25. The van der Waals surface area contributed by atoms with Gasteiger partial charge in [0.05, 0.1) is 6.61 Å². The van der Waals surface area contributed by atoms with E-state index in [1.807, 2.05) is 19.1 Å². The van der Waals surface area contributed by atoms with E-state index in [-0.39, 0.29) is 11.9 Å². The van der Waals surface area contributed by atoms with Crippen LogP contribution in [0.1, 0.15) is 26.3 Å². The Hall–Kier alpha value is -0.220. The Labute approximate surface area is 113 Å². The fraction of sp³-hybridized carbons (Fsp3) is 0.538. The van der Waals surface area contributed by atoms with Gasteiger partial charge in [0.15, 0.2) is 0 Å². The Balaban J connectivity index is 2.84. The monoisotopic (exact) mass is 273 g/mol. The van der Waals surface area contributed by atoms with Gasteiger partial charge in [-0.25, -0.2) is 0 Å². The molecule has 0 bridgehead atoms. The van der Waals surface area contributed by atoms with Gasteiger partial charge in [-0.1, -0.05) is 38.4 Å². The summed E-state index contributed by atoms with van der Waals surface area (Å²) in [5, 5.41) is 13.5. The normalized spacial score (nSPS) is 13.1.